The van der Waals surface area contributed by atoms with Crippen LogP contribution >= 0.6 is 8.58 Å². The average molecular weight is 141 g/mol. The molecule has 0 aromatic rings. The van der Waals surface area contributed by atoms with E-state index in [1.807, 2.05) is 5.66 Å². The van der Waals surface area contributed by atoms with Gasteiger partial charge in [0.15, 0.2) is 0 Å². The minimum atomic E-state index is 1.13. The van der Waals surface area contributed by atoms with E-state index in [0.717, 1.165) is 5.92 Å². The number of hydrogen-bond acceptors (Lipinski definition) is 0. The molecule has 0 aromatic heterocycles. The van der Waals surface area contributed by atoms with Gasteiger partial charge in [0.25, 0.3) is 0 Å². The lowest BCUT2D eigenvalue weighted by Crippen LogP contribution is -2.05. The van der Waals surface area contributed by atoms with Crippen molar-refractivity contribution in [2.45, 2.75) is 32.1 Å². The Balaban J connectivity index is 2.03. The van der Waals surface area contributed by atoms with E-state index < -0.39 is 0 Å². The van der Waals surface area contributed by atoms with E-state index in [9.17, 15) is 0 Å². The Hall–Kier alpha value is 0.430. The first kappa shape index (κ1) is 6.16. The van der Waals surface area contributed by atoms with Gasteiger partial charge in [-0.2, -0.15) is 0 Å². The lowest BCUT2D eigenvalue weighted by molar-refractivity contribution is 0.399. The molecule has 9 heavy (non-hydrogen) atoms. The van der Waals surface area contributed by atoms with Crippen molar-refractivity contribution in [3.05, 3.63) is 5.66 Å². The first-order valence-electron chi connectivity index (χ1n) is 4.04. The van der Waals surface area contributed by atoms with Crippen molar-refractivity contribution in [3.63, 3.8) is 0 Å². The molecule has 1 unspecified atom stereocenters. The molecule has 0 nitrogen and oxygen atoms in total. The maximum atomic E-state index is 1.91. The van der Waals surface area contributed by atoms with Gasteiger partial charge in [0.1, 0.15) is 0 Å². The molecule has 0 N–H and O–H groups in total. The summed E-state index contributed by atoms with van der Waals surface area (Å²) in [6.07, 6.45) is 9.11. The highest BCUT2D eigenvalue weighted by molar-refractivity contribution is 7.41. The fourth-order valence-corrected chi connectivity index (χ4v) is 3.49. The number of hydrogen-bond donors (Lipinski definition) is 0. The largest absolute Gasteiger partial charge is 0.115 e. The van der Waals surface area contributed by atoms with Gasteiger partial charge in [-0.05, 0) is 49.8 Å². The van der Waals surface area contributed by atoms with Crippen LogP contribution < -0.4 is 0 Å². The molecule has 1 heteroatoms. The lowest BCUT2D eigenvalue weighted by Gasteiger charge is -2.21. The summed E-state index contributed by atoms with van der Waals surface area (Å²) >= 11 is 0. The normalized spacial score (nSPS) is 39.3. The predicted molar refractivity (Wildman–Crippen MR) is 43.0 cm³/mol. The molecule has 0 aromatic carbocycles. The molecule has 3 fully saturated rings. The van der Waals surface area contributed by atoms with Gasteiger partial charge in [-0.3, -0.25) is 0 Å². The van der Waals surface area contributed by atoms with Crippen molar-refractivity contribution in [1.29, 1.82) is 0 Å². The van der Waals surface area contributed by atoms with E-state index in [-0.39, 0.29) is 0 Å². The Labute approximate surface area is 59.2 Å². The van der Waals surface area contributed by atoms with E-state index in [1.54, 1.807) is 6.42 Å². The first-order chi connectivity index (χ1) is 4.45. The van der Waals surface area contributed by atoms with Gasteiger partial charge in [-0.15, -0.1) is 8.58 Å². The molecule has 0 spiro atoms. The second-order valence-electron chi connectivity index (χ2n) is 3.26. The smallest absolute Gasteiger partial charge is 0.00285 e. The molecular formula is C8H14P. The zero-order valence-corrected chi connectivity index (χ0v) is 6.82. The number of fused-ring (bicyclic) bond motifs is 4. The summed E-state index contributed by atoms with van der Waals surface area (Å²) in [6, 6.07) is 0. The van der Waals surface area contributed by atoms with Gasteiger partial charge < -0.3 is 0 Å². The molecule has 2 saturated heterocycles. The molecule has 1 atom stereocenters. The SMILES string of the molecule is C1CC2CC[C](CC2)P1. The van der Waals surface area contributed by atoms with Crippen LogP contribution in [0.1, 0.15) is 32.1 Å². The molecule has 51 valence electrons. The van der Waals surface area contributed by atoms with Gasteiger partial charge in [-0.1, -0.05) is 0 Å². The van der Waals surface area contributed by atoms with E-state index in [0.29, 0.717) is 0 Å². The van der Waals surface area contributed by atoms with Crippen LogP contribution in [-0.4, -0.2) is 6.16 Å². The lowest BCUT2D eigenvalue weighted by atomic mass is 9.88. The summed E-state index contributed by atoms with van der Waals surface area (Å²) in [7, 11) is 1.24. The van der Waals surface area contributed by atoms with Crippen LogP contribution in [0.5, 0.6) is 0 Å². The van der Waals surface area contributed by atoms with E-state index >= 15 is 0 Å². The maximum Gasteiger partial charge on any atom is -0.00285 e. The van der Waals surface area contributed by atoms with E-state index in [4.69, 9.17) is 0 Å². The predicted octanol–water partition coefficient (Wildman–Crippen LogP) is 2.79. The summed E-state index contributed by atoms with van der Waals surface area (Å²) in [6.45, 7) is 0. The van der Waals surface area contributed by atoms with Crippen molar-refractivity contribution in [3.8, 4) is 0 Å². The minimum Gasteiger partial charge on any atom is -0.115 e. The topological polar surface area (TPSA) is 0 Å². The molecule has 2 heterocycles. The molecule has 2 aliphatic heterocycles. The summed E-state index contributed by atoms with van der Waals surface area (Å²) in [4.78, 5) is 0. The Bertz CT molecular complexity index is 75.2. The monoisotopic (exact) mass is 141 g/mol. The Morgan fingerprint density at radius 3 is 2.67 bits per heavy atom. The third-order valence-corrected chi connectivity index (χ3v) is 4.17. The van der Waals surface area contributed by atoms with Crippen molar-refractivity contribution in [2.24, 2.45) is 5.92 Å². The standard InChI is InChI=1S/C8H14P/c1-3-8-4-2-7(1)5-6-9-8/h7,9H,1-6H2. The number of rotatable bonds is 0. The molecule has 2 bridgehead atoms. The van der Waals surface area contributed by atoms with Gasteiger partial charge in [0.2, 0.25) is 0 Å². The third kappa shape index (κ3) is 1.29. The molecule has 1 saturated carbocycles. The van der Waals surface area contributed by atoms with Crippen LogP contribution in [0, 0.1) is 11.6 Å². The molecule has 1 radical (unpaired) electrons. The zero-order valence-electron chi connectivity index (χ0n) is 5.82. The molecular weight excluding hydrogens is 127 g/mol. The van der Waals surface area contributed by atoms with Gasteiger partial charge in [0, 0.05) is 0 Å². The van der Waals surface area contributed by atoms with Crippen molar-refractivity contribution >= 4 is 8.58 Å². The molecule has 3 aliphatic rings. The summed E-state index contributed by atoms with van der Waals surface area (Å²) in [5.41, 5.74) is 1.91. The van der Waals surface area contributed by atoms with Crippen LogP contribution in [0.15, 0.2) is 0 Å². The van der Waals surface area contributed by atoms with Gasteiger partial charge >= 0.3 is 0 Å². The quantitative estimate of drug-likeness (QED) is 0.455. The van der Waals surface area contributed by atoms with E-state index in [2.05, 4.69) is 0 Å². The third-order valence-electron chi connectivity index (χ3n) is 2.64. The van der Waals surface area contributed by atoms with Crippen LogP contribution in [-0.2, 0) is 0 Å². The van der Waals surface area contributed by atoms with Crippen molar-refractivity contribution in [2.75, 3.05) is 6.16 Å². The highest BCUT2D eigenvalue weighted by Gasteiger charge is 2.24. The second kappa shape index (κ2) is 2.58. The highest BCUT2D eigenvalue weighted by Crippen LogP contribution is 2.47. The fourth-order valence-electron chi connectivity index (χ4n) is 1.94. The summed E-state index contributed by atoms with van der Waals surface area (Å²) in [5.74, 6) is 1.13. The van der Waals surface area contributed by atoms with Crippen LogP contribution in [0.25, 0.3) is 0 Å². The Morgan fingerprint density at radius 2 is 1.89 bits per heavy atom. The van der Waals surface area contributed by atoms with Gasteiger partial charge in [0.05, 0.1) is 0 Å². The Morgan fingerprint density at radius 1 is 1.11 bits per heavy atom. The van der Waals surface area contributed by atoms with Crippen LogP contribution in [0.4, 0.5) is 0 Å². The second-order valence-corrected chi connectivity index (χ2v) is 4.82. The maximum absolute atomic E-state index is 1.91. The summed E-state index contributed by atoms with van der Waals surface area (Å²) in [5, 5.41) is 0. The zero-order chi connectivity index (χ0) is 6.10. The molecule has 0 amide bonds. The van der Waals surface area contributed by atoms with Gasteiger partial charge in [-0.25, -0.2) is 0 Å². The average Bonchev–Trinajstić information content (AvgIpc) is 2.21. The molecule has 1 aliphatic carbocycles. The van der Waals surface area contributed by atoms with Crippen molar-refractivity contribution < 1.29 is 0 Å². The van der Waals surface area contributed by atoms with Crippen LogP contribution in [0.3, 0.4) is 0 Å². The van der Waals surface area contributed by atoms with E-state index in [1.165, 1.54) is 40.4 Å². The molecule has 3 rings (SSSR count). The highest BCUT2D eigenvalue weighted by atomic mass is 31.1. The Kier molecular flexibility index (Phi) is 1.77. The van der Waals surface area contributed by atoms with Crippen LogP contribution in [0.2, 0.25) is 0 Å². The fraction of sp³-hybridized carbons (Fsp3) is 0.875. The summed E-state index contributed by atoms with van der Waals surface area (Å²) < 4.78 is 0. The minimum absolute atomic E-state index is 1.13. The first-order valence-corrected chi connectivity index (χ1v) is 5.24. The van der Waals surface area contributed by atoms with Crippen molar-refractivity contribution in [1.82, 2.24) is 0 Å².